The Kier molecular flexibility index (Phi) is 3.15. The summed E-state index contributed by atoms with van der Waals surface area (Å²) in [6.45, 7) is 1.98. The number of pyridine rings is 1. The third-order valence-corrected chi connectivity index (χ3v) is 2.38. The number of rotatable bonds is 3. The molecule has 0 aliphatic carbocycles. The number of hydrogen-bond acceptors (Lipinski definition) is 2. The summed E-state index contributed by atoms with van der Waals surface area (Å²) in [6.07, 6.45) is 2.88. The van der Waals surface area contributed by atoms with Crippen LogP contribution in [0.5, 0.6) is 0 Å². The van der Waals surface area contributed by atoms with Crippen molar-refractivity contribution in [2.24, 2.45) is 0 Å². The van der Waals surface area contributed by atoms with E-state index < -0.39 is 0 Å². The number of halogens is 1. The van der Waals surface area contributed by atoms with Crippen molar-refractivity contribution >= 4 is 5.69 Å². The molecule has 2 aromatic rings. The highest BCUT2D eigenvalue weighted by Crippen LogP contribution is 2.18. The van der Waals surface area contributed by atoms with Crippen molar-refractivity contribution in [1.82, 2.24) is 4.98 Å². The number of aromatic nitrogens is 1. The lowest BCUT2D eigenvalue weighted by atomic mass is 10.1. The average Bonchev–Trinajstić information content (AvgIpc) is 2.30. The molecule has 1 N–H and O–H groups in total. The molecule has 3 heteroatoms. The van der Waals surface area contributed by atoms with E-state index in [1.54, 1.807) is 6.20 Å². The molecule has 2 nitrogen and oxygen atoms in total. The van der Waals surface area contributed by atoms with Gasteiger partial charge >= 0.3 is 0 Å². The second-order valence-corrected chi connectivity index (χ2v) is 3.67. The Bertz CT molecular complexity index is 456. The minimum absolute atomic E-state index is 0.0330. The van der Waals surface area contributed by atoms with E-state index in [1.165, 1.54) is 12.3 Å². The maximum Gasteiger partial charge on any atom is 0.141 e. The van der Waals surface area contributed by atoms with Crippen molar-refractivity contribution in [2.45, 2.75) is 13.0 Å². The van der Waals surface area contributed by atoms with Gasteiger partial charge in [0.1, 0.15) is 5.82 Å². The predicted molar refractivity (Wildman–Crippen MR) is 62.7 cm³/mol. The largest absolute Gasteiger partial charge is 0.378 e. The van der Waals surface area contributed by atoms with Crippen LogP contribution in [-0.2, 0) is 0 Å². The lowest BCUT2D eigenvalue weighted by Crippen LogP contribution is -2.07. The van der Waals surface area contributed by atoms with Crippen LogP contribution in [0, 0.1) is 5.82 Å². The zero-order chi connectivity index (χ0) is 11.4. The molecular formula is C13H13FN2. The first-order valence-corrected chi connectivity index (χ1v) is 5.18. The van der Waals surface area contributed by atoms with Gasteiger partial charge in [0.2, 0.25) is 0 Å². The molecule has 2 rings (SSSR count). The van der Waals surface area contributed by atoms with E-state index in [0.717, 1.165) is 11.3 Å². The van der Waals surface area contributed by atoms with Crippen molar-refractivity contribution in [2.75, 3.05) is 5.32 Å². The van der Waals surface area contributed by atoms with Crippen LogP contribution >= 0.6 is 0 Å². The van der Waals surface area contributed by atoms with E-state index in [0.29, 0.717) is 0 Å². The van der Waals surface area contributed by atoms with E-state index in [2.05, 4.69) is 10.3 Å². The van der Waals surface area contributed by atoms with Crippen molar-refractivity contribution < 1.29 is 4.39 Å². The first-order chi connectivity index (χ1) is 7.75. The lowest BCUT2D eigenvalue weighted by molar-refractivity contribution is 0.616. The molecule has 1 aromatic heterocycles. The fourth-order valence-corrected chi connectivity index (χ4v) is 1.53. The Morgan fingerprint density at radius 1 is 1.19 bits per heavy atom. The molecule has 1 unspecified atom stereocenters. The molecule has 0 saturated heterocycles. The summed E-state index contributed by atoms with van der Waals surface area (Å²) in [6, 6.07) is 11.3. The van der Waals surface area contributed by atoms with Gasteiger partial charge in [0.25, 0.3) is 0 Å². The Labute approximate surface area is 94.2 Å². The highest BCUT2D eigenvalue weighted by Gasteiger charge is 2.06. The molecule has 0 saturated carbocycles. The zero-order valence-corrected chi connectivity index (χ0v) is 9.02. The van der Waals surface area contributed by atoms with Crippen LogP contribution < -0.4 is 5.32 Å². The molecule has 0 aliphatic heterocycles. The van der Waals surface area contributed by atoms with E-state index in [9.17, 15) is 4.39 Å². The average molecular weight is 216 g/mol. The molecule has 1 heterocycles. The third kappa shape index (κ3) is 2.57. The van der Waals surface area contributed by atoms with Gasteiger partial charge in [-0.15, -0.1) is 0 Å². The molecule has 0 fully saturated rings. The number of anilines is 1. The summed E-state index contributed by atoms with van der Waals surface area (Å²) < 4.78 is 13.0. The second kappa shape index (κ2) is 4.75. The lowest BCUT2D eigenvalue weighted by Gasteiger charge is -2.15. The summed E-state index contributed by atoms with van der Waals surface area (Å²) in [5.41, 5.74) is 1.85. The zero-order valence-electron chi connectivity index (χ0n) is 9.02. The Morgan fingerprint density at radius 3 is 2.62 bits per heavy atom. The van der Waals surface area contributed by atoms with E-state index in [-0.39, 0.29) is 11.9 Å². The molecule has 1 aromatic carbocycles. The van der Waals surface area contributed by atoms with Gasteiger partial charge in [-0.2, -0.15) is 0 Å². The van der Waals surface area contributed by atoms with Crippen LogP contribution in [0.4, 0.5) is 10.1 Å². The molecule has 16 heavy (non-hydrogen) atoms. The first kappa shape index (κ1) is 10.6. The topological polar surface area (TPSA) is 24.9 Å². The van der Waals surface area contributed by atoms with Gasteiger partial charge in [-0.05, 0) is 30.7 Å². The summed E-state index contributed by atoms with van der Waals surface area (Å²) in [5, 5.41) is 3.28. The summed E-state index contributed by atoms with van der Waals surface area (Å²) >= 11 is 0. The van der Waals surface area contributed by atoms with Gasteiger partial charge < -0.3 is 5.32 Å². The van der Waals surface area contributed by atoms with Gasteiger partial charge in [-0.25, -0.2) is 4.39 Å². The Balaban J connectivity index is 2.12. The van der Waals surface area contributed by atoms with Gasteiger partial charge in [0, 0.05) is 11.9 Å². The molecule has 0 spiro atoms. The molecular weight excluding hydrogens is 203 g/mol. The number of benzene rings is 1. The normalized spacial score (nSPS) is 12.1. The molecule has 1 atom stereocenters. The fraction of sp³-hybridized carbons (Fsp3) is 0.154. The van der Waals surface area contributed by atoms with Crippen LogP contribution in [0.2, 0.25) is 0 Å². The quantitative estimate of drug-likeness (QED) is 0.850. The summed E-state index contributed by atoms with van der Waals surface area (Å²) in [7, 11) is 0. The van der Waals surface area contributed by atoms with E-state index >= 15 is 0 Å². The SMILES string of the molecule is CC(Nc1ccccc1)c1cncc(F)c1. The first-order valence-electron chi connectivity index (χ1n) is 5.18. The number of nitrogens with zero attached hydrogens (tertiary/aromatic N) is 1. The van der Waals surface area contributed by atoms with E-state index in [1.807, 2.05) is 37.3 Å². The van der Waals surface area contributed by atoms with Crippen molar-refractivity contribution in [1.29, 1.82) is 0 Å². The van der Waals surface area contributed by atoms with Gasteiger partial charge in [0.05, 0.1) is 12.2 Å². The van der Waals surface area contributed by atoms with Crippen LogP contribution in [0.1, 0.15) is 18.5 Å². The van der Waals surface area contributed by atoms with Crippen LogP contribution in [0.3, 0.4) is 0 Å². The number of nitrogens with one attached hydrogen (secondary N) is 1. The Hall–Kier alpha value is -1.90. The number of hydrogen-bond donors (Lipinski definition) is 1. The van der Waals surface area contributed by atoms with Gasteiger partial charge in [-0.1, -0.05) is 18.2 Å². The van der Waals surface area contributed by atoms with Crippen LogP contribution in [0.15, 0.2) is 48.8 Å². The molecule has 0 aliphatic rings. The van der Waals surface area contributed by atoms with Gasteiger partial charge in [0.15, 0.2) is 0 Å². The fourth-order valence-electron chi connectivity index (χ4n) is 1.53. The molecule has 82 valence electrons. The Morgan fingerprint density at radius 2 is 1.94 bits per heavy atom. The monoisotopic (exact) mass is 216 g/mol. The highest BCUT2D eigenvalue weighted by molar-refractivity contribution is 5.44. The van der Waals surface area contributed by atoms with Crippen LogP contribution in [-0.4, -0.2) is 4.98 Å². The maximum atomic E-state index is 13.0. The van der Waals surface area contributed by atoms with Crippen LogP contribution in [0.25, 0.3) is 0 Å². The smallest absolute Gasteiger partial charge is 0.141 e. The third-order valence-electron chi connectivity index (χ3n) is 2.38. The van der Waals surface area contributed by atoms with E-state index in [4.69, 9.17) is 0 Å². The summed E-state index contributed by atoms with van der Waals surface area (Å²) in [5.74, 6) is -0.306. The second-order valence-electron chi connectivity index (χ2n) is 3.67. The number of para-hydroxylation sites is 1. The predicted octanol–water partition coefficient (Wildman–Crippen LogP) is 3.39. The minimum Gasteiger partial charge on any atom is -0.378 e. The molecule has 0 amide bonds. The minimum atomic E-state index is -0.306. The van der Waals surface area contributed by atoms with Crippen molar-refractivity contribution in [3.05, 3.63) is 60.2 Å². The molecule has 0 radical (unpaired) electrons. The van der Waals surface area contributed by atoms with Crippen molar-refractivity contribution in [3.63, 3.8) is 0 Å². The molecule has 0 bridgehead atoms. The van der Waals surface area contributed by atoms with Crippen molar-refractivity contribution in [3.8, 4) is 0 Å². The maximum absolute atomic E-state index is 13.0. The van der Waals surface area contributed by atoms with Gasteiger partial charge in [-0.3, -0.25) is 4.98 Å². The standard InChI is InChI=1S/C13H13FN2/c1-10(11-7-12(14)9-15-8-11)16-13-5-3-2-4-6-13/h2-10,16H,1H3. The highest BCUT2D eigenvalue weighted by atomic mass is 19.1. The summed E-state index contributed by atoms with van der Waals surface area (Å²) in [4.78, 5) is 3.83.